The van der Waals surface area contributed by atoms with Gasteiger partial charge in [0, 0.05) is 17.1 Å². The Morgan fingerprint density at radius 2 is 2.16 bits per heavy atom. The molecule has 0 unspecified atom stereocenters. The van der Waals surface area contributed by atoms with E-state index in [2.05, 4.69) is 36.9 Å². The summed E-state index contributed by atoms with van der Waals surface area (Å²) in [6.45, 7) is 7.36. The highest BCUT2D eigenvalue weighted by molar-refractivity contribution is 7.98. The maximum atomic E-state index is 5.76. The predicted octanol–water partition coefficient (Wildman–Crippen LogP) is 3.12. The number of hydrogen-bond acceptors (Lipinski definition) is 4. The zero-order valence-electron chi connectivity index (χ0n) is 11.6. The SMILES string of the molecule is Cc1cc(N)ccc1SCc1ncnn1CC(C)C. The second-order valence-corrected chi connectivity index (χ2v) is 6.08. The molecule has 0 spiro atoms. The second-order valence-electron chi connectivity index (χ2n) is 5.07. The van der Waals surface area contributed by atoms with Crippen LogP contribution in [0, 0.1) is 12.8 Å². The van der Waals surface area contributed by atoms with Crippen LogP contribution in [0.5, 0.6) is 0 Å². The van der Waals surface area contributed by atoms with Crippen molar-refractivity contribution >= 4 is 17.4 Å². The van der Waals surface area contributed by atoms with E-state index in [1.165, 1.54) is 10.5 Å². The summed E-state index contributed by atoms with van der Waals surface area (Å²) in [5, 5.41) is 4.28. The Kier molecular flexibility index (Phi) is 4.47. The Morgan fingerprint density at radius 1 is 1.37 bits per heavy atom. The summed E-state index contributed by atoms with van der Waals surface area (Å²) in [5.41, 5.74) is 7.78. The predicted molar refractivity (Wildman–Crippen MR) is 80.0 cm³/mol. The number of anilines is 1. The molecule has 0 fully saturated rings. The van der Waals surface area contributed by atoms with Gasteiger partial charge in [0.2, 0.25) is 0 Å². The molecule has 0 amide bonds. The first kappa shape index (κ1) is 13.9. The Bertz CT molecular complexity index is 548. The fourth-order valence-electron chi connectivity index (χ4n) is 1.88. The third-order valence-corrected chi connectivity index (χ3v) is 3.96. The van der Waals surface area contributed by atoms with E-state index in [4.69, 9.17) is 5.73 Å². The van der Waals surface area contributed by atoms with Crippen molar-refractivity contribution in [2.45, 2.75) is 38.0 Å². The number of nitrogen functional groups attached to an aromatic ring is 1. The second kappa shape index (κ2) is 6.10. The lowest BCUT2D eigenvalue weighted by atomic mass is 10.2. The minimum Gasteiger partial charge on any atom is -0.399 e. The molecule has 1 aromatic carbocycles. The fraction of sp³-hybridized carbons (Fsp3) is 0.429. The number of nitrogens with zero attached hydrogens (tertiary/aromatic N) is 3. The van der Waals surface area contributed by atoms with Crippen molar-refractivity contribution in [3.05, 3.63) is 35.9 Å². The van der Waals surface area contributed by atoms with Crippen molar-refractivity contribution in [1.82, 2.24) is 14.8 Å². The van der Waals surface area contributed by atoms with Gasteiger partial charge >= 0.3 is 0 Å². The molecule has 4 nitrogen and oxygen atoms in total. The van der Waals surface area contributed by atoms with E-state index >= 15 is 0 Å². The zero-order chi connectivity index (χ0) is 13.8. The molecule has 0 saturated carbocycles. The number of nitrogens with two attached hydrogens (primary N) is 1. The highest BCUT2D eigenvalue weighted by Crippen LogP contribution is 2.26. The molecule has 0 aliphatic rings. The molecular weight excluding hydrogens is 256 g/mol. The van der Waals surface area contributed by atoms with E-state index in [0.29, 0.717) is 5.92 Å². The summed E-state index contributed by atoms with van der Waals surface area (Å²) in [4.78, 5) is 5.58. The maximum absolute atomic E-state index is 5.76. The number of aryl methyl sites for hydroxylation is 1. The van der Waals surface area contributed by atoms with Crippen molar-refractivity contribution < 1.29 is 0 Å². The van der Waals surface area contributed by atoms with E-state index in [-0.39, 0.29) is 0 Å². The van der Waals surface area contributed by atoms with Crippen LogP contribution in [0.15, 0.2) is 29.4 Å². The van der Waals surface area contributed by atoms with E-state index in [0.717, 1.165) is 23.8 Å². The zero-order valence-corrected chi connectivity index (χ0v) is 12.4. The number of rotatable bonds is 5. The molecule has 2 aromatic rings. The molecule has 19 heavy (non-hydrogen) atoms. The molecule has 2 N–H and O–H groups in total. The first-order valence-corrected chi connectivity index (χ1v) is 7.40. The Morgan fingerprint density at radius 3 is 2.84 bits per heavy atom. The van der Waals surface area contributed by atoms with Crippen LogP contribution in [-0.4, -0.2) is 14.8 Å². The first-order valence-electron chi connectivity index (χ1n) is 6.42. The molecule has 0 saturated heterocycles. The van der Waals surface area contributed by atoms with Gasteiger partial charge in [-0.15, -0.1) is 11.8 Å². The van der Waals surface area contributed by atoms with Gasteiger partial charge in [-0.1, -0.05) is 13.8 Å². The summed E-state index contributed by atoms with van der Waals surface area (Å²) >= 11 is 1.78. The van der Waals surface area contributed by atoms with Gasteiger partial charge in [0.15, 0.2) is 0 Å². The third-order valence-electron chi connectivity index (χ3n) is 2.79. The van der Waals surface area contributed by atoms with Crippen molar-refractivity contribution in [3.63, 3.8) is 0 Å². The first-order chi connectivity index (χ1) is 9.06. The molecule has 102 valence electrons. The minimum absolute atomic E-state index is 0.573. The summed E-state index contributed by atoms with van der Waals surface area (Å²) in [7, 11) is 0. The molecule has 0 bridgehead atoms. The third kappa shape index (κ3) is 3.73. The van der Waals surface area contributed by atoms with Gasteiger partial charge in [-0.3, -0.25) is 0 Å². The summed E-state index contributed by atoms with van der Waals surface area (Å²) < 4.78 is 1.99. The summed E-state index contributed by atoms with van der Waals surface area (Å²) in [6.07, 6.45) is 1.63. The van der Waals surface area contributed by atoms with Gasteiger partial charge in [0.25, 0.3) is 0 Å². The van der Waals surface area contributed by atoms with Gasteiger partial charge in [-0.25, -0.2) is 9.67 Å². The van der Waals surface area contributed by atoms with Crippen LogP contribution < -0.4 is 5.73 Å². The molecule has 0 aliphatic heterocycles. The minimum atomic E-state index is 0.573. The average molecular weight is 276 g/mol. The van der Waals surface area contributed by atoms with E-state index in [9.17, 15) is 0 Å². The highest BCUT2D eigenvalue weighted by Gasteiger charge is 2.08. The molecule has 0 atom stereocenters. The highest BCUT2D eigenvalue weighted by atomic mass is 32.2. The van der Waals surface area contributed by atoms with E-state index in [1.54, 1.807) is 18.1 Å². The topological polar surface area (TPSA) is 56.7 Å². The van der Waals surface area contributed by atoms with E-state index < -0.39 is 0 Å². The monoisotopic (exact) mass is 276 g/mol. The lowest BCUT2D eigenvalue weighted by molar-refractivity contribution is 0.472. The van der Waals surface area contributed by atoms with Crippen LogP contribution in [0.4, 0.5) is 5.69 Å². The molecule has 0 aliphatic carbocycles. The van der Waals surface area contributed by atoms with Crippen LogP contribution in [0.3, 0.4) is 0 Å². The quantitative estimate of drug-likeness (QED) is 0.673. The molecule has 1 aromatic heterocycles. The lowest BCUT2D eigenvalue weighted by Gasteiger charge is -2.09. The summed E-state index contributed by atoms with van der Waals surface area (Å²) in [6, 6.07) is 6.01. The molecule has 5 heteroatoms. The number of benzene rings is 1. The van der Waals surface area contributed by atoms with Crippen LogP contribution in [0.25, 0.3) is 0 Å². The molecular formula is C14H20N4S. The van der Waals surface area contributed by atoms with Crippen molar-refractivity contribution in [2.24, 2.45) is 5.92 Å². The maximum Gasteiger partial charge on any atom is 0.138 e. The van der Waals surface area contributed by atoms with Crippen LogP contribution in [-0.2, 0) is 12.3 Å². The fourth-order valence-corrected chi connectivity index (χ4v) is 2.83. The summed E-state index contributed by atoms with van der Waals surface area (Å²) in [5.74, 6) is 2.43. The standard InChI is InChI=1S/C14H20N4S/c1-10(2)7-18-14(16-9-17-18)8-19-13-5-4-12(15)6-11(13)3/h4-6,9-10H,7-8,15H2,1-3H3. The largest absolute Gasteiger partial charge is 0.399 e. The van der Waals surface area contributed by atoms with Gasteiger partial charge < -0.3 is 5.73 Å². The van der Waals surface area contributed by atoms with Crippen LogP contribution in [0.1, 0.15) is 25.2 Å². The van der Waals surface area contributed by atoms with Gasteiger partial charge in [-0.05, 0) is 36.6 Å². The van der Waals surface area contributed by atoms with Crippen molar-refractivity contribution in [1.29, 1.82) is 0 Å². The average Bonchev–Trinajstić information content (AvgIpc) is 2.74. The van der Waals surface area contributed by atoms with Gasteiger partial charge in [0.1, 0.15) is 12.2 Å². The Balaban J connectivity index is 2.04. The molecule has 2 rings (SSSR count). The lowest BCUT2D eigenvalue weighted by Crippen LogP contribution is -2.09. The van der Waals surface area contributed by atoms with Crippen molar-refractivity contribution in [3.8, 4) is 0 Å². The van der Waals surface area contributed by atoms with Gasteiger partial charge in [0.05, 0.1) is 5.75 Å². The number of aromatic nitrogens is 3. The van der Waals surface area contributed by atoms with Gasteiger partial charge in [-0.2, -0.15) is 5.10 Å². The normalized spacial score (nSPS) is 11.2. The van der Waals surface area contributed by atoms with Crippen LogP contribution in [0.2, 0.25) is 0 Å². The number of hydrogen-bond donors (Lipinski definition) is 1. The Labute approximate surface area is 118 Å². The van der Waals surface area contributed by atoms with Crippen LogP contribution >= 0.6 is 11.8 Å². The molecule has 0 radical (unpaired) electrons. The number of thioether (sulfide) groups is 1. The Hall–Kier alpha value is -1.49. The molecule has 1 heterocycles. The van der Waals surface area contributed by atoms with Crippen molar-refractivity contribution in [2.75, 3.05) is 5.73 Å². The van der Waals surface area contributed by atoms with E-state index in [1.807, 2.05) is 16.8 Å². The smallest absolute Gasteiger partial charge is 0.138 e.